The smallest absolute Gasteiger partial charge is 0.333 e. The lowest BCUT2D eigenvalue weighted by atomic mass is 9.89. The van der Waals surface area contributed by atoms with E-state index in [4.69, 9.17) is 4.84 Å². The minimum atomic E-state index is -1.55. The molecule has 22 heteroatoms. The number of halogens is 1. The summed E-state index contributed by atoms with van der Waals surface area (Å²) in [6.07, 6.45) is -4.52. The van der Waals surface area contributed by atoms with Crippen LogP contribution in [-0.4, -0.2) is 115 Å². The zero-order valence-electron chi connectivity index (χ0n) is 33.8. The van der Waals surface area contributed by atoms with Crippen molar-refractivity contribution in [2.45, 2.75) is 121 Å². The molecular weight excluding hydrogens is 935 g/mol. The third-order valence-electron chi connectivity index (χ3n) is 9.63. The van der Waals surface area contributed by atoms with E-state index in [1.54, 1.807) is 18.2 Å². The largest absolute Gasteiger partial charge is 0.481 e. The first-order valence-corrected chi connectivity index (χ1v) is 21.0. The van der Waals surface area contributed by atoms with Crippen LogP contribution < -0.4 is 16.0 Å². The second kappa shape index (κ2) is 27.2. The van der Waals surface area contributed by atoms with Crippen molar-refractivity contribution in [3.05, 3.63) is 33.4 Å². The van der Waals surface area contributed by atoms with Crippen LogP contribution in [0.5, 0.6) is 0 Å². The molecule has 1 aromatic carbocycles. The van der Waals surface area contributed by atoms with Crippen molar-refractivity contribution < 1.29 is 82.8 Å². The molecule has 21 nitrogen and oxygen atoms in total. The van der Waals surface area contributed by atoms with Crippen LogP contribution in [0.2, 0.25) is 0 Å². The van der Waals surface area contributed by atoms with Gasteiger partial charge in [0.25, 0.3) is 17.7 Å². The monoisotopic (exact) mass is 986 g/mol. The Morgan fingerprint density at radius 3 is 1.77 bits per heavy atom. The van der Waals surface area contributed by atoms with E-state index in [-0.39, 0.29) is 63.8 Å². The Balaban J connectivity index is 2.07. The molecule has 1 heterocycles. The SMILES string of the molecule is O=C(O)CC[C@@H](CC(=O)[C@@H](CCC(=O)O)NC(=O)CCCCC(=O)ON1C(=O)CCC1=O)C(=O)N[C@H](CCC(=O)O)C(=O)C[C@H](CCCCNC(=O)c1cccc(I)c1)C(=O)O. The Hall–Kier alpha value is -5.81. The molecule has 1 aromatic rings. The second-order valence-corrected chi connectivity index (χ2v) is 15.8. The van der Waals surface area contributed by atoms with Gasteiger partial charge in [0.15, 0.2) is 11.6 Å². The number of amides is 5. The summed E-state index contributed by atoms with van der Waals surface area (Å²) in [7, 11) is 0. The second-order valence-electron chi connectivity index (χ2n) is 14.6. The highest BCUT2D eigenvalue weighted by molar-refractivity contribution is 14.1. The first-order valence-electron chi connectivity index (χ1n) is 19.9. The van der Waals surface area contributed by atoms with Gasteiger partial charge in [-0.15, -0.1) is 5.06 Å². The molecule has 0 aliphatic carbocycles. The highest BCUT2D eigenvalue weighted by Crippen LogP contribution is 2.20. The fraction of sp³-hybridized carbons (Fsp3) is 0.550. The molecule has 340 valence electrons. The van der Waals surface area contributed by atoms with Gasteiger partial charge >= 0.3 is 29.8 Å². The average molecular weight is 987 g/mol. The van der Waals surface area contributed by atoms with Crippen LogP contribution in [-0.2, 0) is 57.6 Å². The van der Waals surface area contributed by atoms with E-state index in [2.05, 4.69) is 38.5 Å². The number of ketones is 2. The number of Topliss-reactive ketones (excluding diaryl/α,β-unsaturated/α-hetero) is 2. The van der Waals surface area contributed by atoms with E-state index in [0.717, 1.165) is 3.57 Å². The third kappa shape index (κ3) is 20.2. The molecule has 0 unspecified atom stereocenters. The normalized spacial score (nSPS) is 14.2. The number of hydroxylamine groups is 2. The quantitative estimate of drug-likeness (QED) is 0.0318. The van der Waals surface area contributed by atoms with Crippen molar-refractivity contribution in [3.63, 3.8) is 0 Å². The van der Waals surface area contributed by atoms with Gasteiger partial charge in [0.2, 0.25) is 11.8 Å². The highest BCUT2D eigenvalue weighted by Gasteiger charge is 2.34. The molecule has 0 saturated carbocycles. The molecule has 62 heavy (non-hydrogen) atoms. The number of unbranched alkanes of at least 4 members (excludes halogenated alkanes) is 2. The van der Waals surface area contributed by atoms with Crippen molar-refractivity contribution in [3.8, 4) is 0 Å². The number of carboxylic acids is 4. The number of aliphatic carboxylic acids is 4. The van der Waals surface area contributed by atoms with Gasteiger partial charge in [0.05, 0.1) is 18.0 Å². The average Bonchev–Trinajstić information content (AvgIpc) is 3.51. The molecule has 2 rings (SSSR count). The number of carboxylic acid groups (broad SMARTS) is 4. The summed E-state index contributed by atoms with van der Waals surface area (Å²) in [5, 5.41) is 45.7. The van der Waals surface area contributed by atoms with Gasteiger partial charge < -0.3 is 41.2 Å². The summed E-state index contributed by atoms with van der Waals surface area (Å²) >= 11 is 2.06. The highest BCUT2D eigenvalue weighted by atomic mass is 127. The number of carbonyl (C=O) groups excluding carboxylic acids is 8. The van der Waals surface area contributed by atoms with E-state index in [0.29, 0.717) is 17.0 Å². The lowest BCUT2D eigenvalue weighted by Gasteiger charge is -2.24. The summed E-state index contributed by atoms with van der Waals surface area (Å²) in [6.45, 7) is 0.214. The van der Waals surface area contributed by atoms with E-state index in [1.807, 2.05) is 6.07 Å². The van der Waals surface area contributed by atoms with E-state index < -0.39 is 140 Å². The number of nitrogens with one attached hydrogen (secondary N) is 3. The first-order chi connectivity index (χ1) is 29.3. The van der Waals surface area contributed by atoms with Gasteiger partial charge in [-0.25, -0.2) is 4.79 Å². The maximum atomic E-state index is 13.6. The van der Waals surface area contributed by atoms with Crippen molar-refractivity contribution in [1.29, 1.82) is 0 Å². The number of benzene rings is 1. The van der Waals surface area contributed by atoms with E-state index >= 15 is 0 Å². The maximum absolute atomic E-state index is 13.6. The topological polar surface area (TPSA) is 334 Å². The van der Waals surface area contributed by atoms with Gasteiger partial charge in [-0.05, 0) is 85.7 Å². The summed E-state index contributed by atoms with van der Waals surface area (Å²) in [5.41, 5.74) is 0.445. The van der Waals surface area contributed by atoms with Gasteiger partial charge in [0.1, 0.15) is 0 Å². The Morgan fingerprint density at radius 1 is 0.661 bits per heavy atom. The minimum Gasteiger partial charge on any atom is -0.481 e. The van der Waals surface area contributed by atoms with Crippen LogP contribution in [0.15, 0.2) is 24.3 Å². The molecule has 1 saturated heterocycles. The number of hydrogen-bond donors (Lipinski definition) is 7. The van der Waals surface area contributed by atoms with E-state index in [1.165, 1.54) is 0 Å². The fourth-order valence-electron chi connectivity index (χ4n) is 6.24. The molecule has 0 aromatic heterocycles. The molecule has 0 spiro atoms. The van der Waals surface area contributed by atoms with Crippen LogP contribution in [0.4, 0.5) is 0 Å². The minimum absolute atomic E-state index is 0.00538. The summed E-state index contributed by atoms with van der Waals surface area (Å²) in [6, 6.07) is 3.86. The van der Waals surface area contributed by atoms with Gasteiger partial charge in [-0.3, -0.25) is 52.7 Å². The van der Waals surface area contributed by atoms with Crippen molar-refractivity contribution in [2.24, 2.45) is 11.8 Å². The number of carbonyl (C=O) groups is 12. The molecular formula is C40H51IN4O17. The Labute approximate surface area is 369 Å². The fourth-order valence-corrected chi connectivity index (χ4v) is 6.78. The molecule has 0 bridgehead atoms. The Bertz CT molecular complexity index is 1840. The van der Waals surface area contributed by atoms with Crippen molar-refractivity contribution >= 4 is 93.5 Å². The van der Waals surface area contributed by atoms with Crippen molar-refractivity contribution in [1.82, 2.24) is 21.0 Å². The van der Waals surface area contributed by atoms with Gasteiger partial charge in [-0.2, -0.15) is 0 Å². The summed E-state index contributed by atoms with van der Waals surface area (Å²) < 4.78 is 0.860. The summed E-state index contributed by atoms with van der Waals surface area (Å²) in [5.74, 6) is -14.1. The van der Waals surface area contributed by atoms with Crippen LogP contribution in [0.25, 0.3) is 0 Å². The number of nitrogens with zero attached hydrogens (tertiary/aromatic N) is 1. The Kier molecular flexibility index (Phi) is 23.0. The van der Waals surface area contributed by atoms with Crippen LogP contribution in [0.1, 0.15) is 120 Å². The Morgan fingerprint density at radius 2 is 1.21 bits per heavy atom. The predicted octanol–water partition coefficient (Wildman–Crippen LogP) is 2.16. The maximum Gasteiger partial charge on any atom is 0.333 e. The summed E-state index contributed by atoms with van der Waals surface area (Å²) in [4.78, 5) is 152. The molecule has 0 radical (unpaired) electrons. The molecule has 1 aliphatic rings. The lowest BCUT2D eigenvalue weighted by Crippen LogP contribution is -2.47. The van der Waals surface area contributed by atoms with Crippen LogP contribution in [0, 0.1) is 15.4 Å². The molecule has 5 amide bonds. The molecule has 1 aliphatic heterocycles. The van der Waals surface area contributed by atoms with Crippen LogP contribution >= 0.6 is 22.6 Å². The third-order valence-corrected chi connectivity index (χ3v) is 10.3. The number of imide groups is 1. The molecule has 7 N–H and O–H groups in total. The van der Waals surface area contributed by atoms with E-state index in [9.17, 15) is 78.0 Å². The standard InChI is InChI=1S/C40H51IN4O17/c41-26-8-5-7-23(20-26)38(58)42-19-4-3-6-25(40(60)61)22-30(47)28(13-18-36(55)56)44-39(59)24(11-16-34(51)52)21-29(46)27(12-17-35(53)54)43-31(48)9-1-2-10-37(57)62-45-32(49)14-15-33(45)50/h5,7-8,20,24-25,27-28H,1-4,6,9-19,21-22H2,(H,42,58)(H,43,48)(H,44,59)(H,51,52)(H,53,54)(H,55,56)(H,60,61)/t24-,25-,27+,28+/m0/s1. The zero-order chi connectivity index (χ0) is 46.4. The van der Waals surface area contributed by atoms with Gasteiger partial charge in [-0.1, -0.05) is 12.5 Å². The van der Waals surface area contributed by atoms with Crippen molar-refractivity contribution in [2.75, 3.05) is 6.54 Å². The molecule has 1 fully saturated rings. The predicted molar refractivity (Wildman–Crippen MR) is 219 cm³/mol. The van der Waals surface area contributed by atoms with Gasteiger partial charge in [0, 0.05) is 79.4 Å². The molecule has 4 atom stereocenters. The zero-order valence-corrected chi connectivity index (χ0v) is 35.9. The number of rotatable bonds is 31. The van der Waals surface area contributed by atoms with Crippen LogP contribution in [0.3, 0.4) is 0 Å². The number of hydrogen-bond acceptors (Lipinski definition) is 13. The lowest BCUT2D eigenvalue weighted by molar-refractivity contribution is -0.197. The first kappa shape index (κ1) is 52.3.